The van der Waals surface area contributed by atoms with Gasteiger partial charge in [0.15, 0.2) is 5.76 Å². The molecule has 0 spiro atoms. The highest BCUT2D eigenvalue weighted by molar-refractivity contribution is 6.35. The van der Waals surface area contributed by atoms with Gasteiger partial charge in [0.1, 0.15) is 0 Å². The van der Waals surface area contributed by atoms with Gasteiger partial charge in [0.2, 0.25) is 0 Å². The summed E-state index contributed by atoms with van der Waals surface area (Å²) in [4.78, 5) is 0. The van der Waals surface area contributed by atoms with E-state index < -0.39 is 0 Å². The summed E-state index contributed by atoms with van der Waals surface area (Å²) in [6, 6.07) is 7.83. The van der Waals surface area contributed by atoms with Gasteiger partial charge in [-0.2, -0.15) is 0 Å². The van der Waals surface area contributed by atoms with E-state index >= 15 is 0 Å². The second kappa shape index (κ2) is 4.92. The largest absolute Gasteiger partial charge is 0.356 e. The third kappa shape index (κ3) is 2.69. The maximum atomic E-state index is 6.12. The van der Waals surface area contributed by atoms with Gasteiger partial charge in [-0.25, -0.2) is 0 Å². The molecule has 3 nitrogen and oxygen atoms in total. The number of nitrogens with zero attached hydrogens (tertiary/aromatic N) is 1. The van der Waals surface area contributed by atoms with Crippen LogP contribution < -0.4 is 5.32 Å². The number of benzene rings is 1. The van der Waals surface area contributed by atoms with Crippen molar-refractivity contribution in [3.8, 4) is 11.3 Å². The Morgan fingerprint density at radius 2 is 2.11 bits per heavy atom. The zero-order valence-electron chi connectivity index (χ0n) is 9.62. The SMILES string of the molecule is Clc1ccc(Cl)c(-c2cc(CNC3CC3)no2)c1. The molecule has 0 saturated heterocycles. The number of rotatable bonds is 4. The number of hydrogen-bond acceptors (Lipinski definition) is 3. The molecule has 0 aliphatic heterocycles. The van der Waals surface area contributed by atoms with Crippen LogP contribution in [0.2, 0.25) is 10.0 Å². The number of nitrogens with one attached hydrogen (secondary N) is 1. The van der Waals surface area contributed by atoms with E-state index in [9.17, 15) is 0 Å². The topological polar surface area (TPSA) is 38.1 Å². The van der Waals surface area contributed by atoms with Crippen molar-refractivity contribution in [3.05, 3.63) is 40.0 Å². The Hall–Kier alpha value is -1.03. The first-order chi connectivity index (χ1) is 8.72. The van der Waals surface area contributed by atoms with Crippen molar-refractivity contribution in [1.29, 1.82) is 0 Å². The smallest absolute Gasteiger partial charge is 0.168 e. The summed E-state index contributed by atoms with van der Waals surface area (Å²) in [5.74, 6) is 0.648. The van der Waals surface area contributed by atoms with Crippen LogP contribution in [0.25, 0.3) is 11.3 Å². The first kappa shape index (κ1) is 12.0. The maximum absolute atomic E-state index is 6.12. The quantitative estimate of drug-likeness (QED) is 0.924. The highest BCUT2D eigenvalue weighted by atomic mass is 35.5. The molecular weight excluding hydrogens is 271 g/mol. The molecule has 0 bridgehead atoms. The Kier molecular flexibility index (Phi) is 3.29. The lowest BCUT2D eigenvalue weighted by Crippen LogP contribution is -2.15. The van der Waals surface area contributed by atoms with Crippen LogP contribution in [0.4, 0.5) is 0 Å². The van der Waals surface area contributed by atoms with E-state index in [1.807, 2.05) is 6.07 Å². The van der Waals surface area contributed by atoms with Crippen molar-refractivity contribution >= 4 is 23.2 Å². The van der Waals surface area contributed by atoms with Crippen molar-refractivity contribution in [3.63, 3.8) is 0 Å². The molecule has 2 aromatic rings. The molecule has 18 heavy (non-hydrogen) atoms. The average Bonchev–Trinajstić information content (AvgIpc) is 3.08. The summed E-state index contributed by atoms with van der Waals surface area (Å²) in [6.07, 6.45) is 2.51. The lowest BCUT2D eigenvalue weighted by atomic mass is 10.1. The van der Waals surface area contributed by atoms with Gasteiger partial charge < -0.3 is 9.84 Å². The third-order valence-corrected chi connectivity index (χ3v) is 3.47. The monoisotopic (exact) mass is 282 g/mol. The minimum atomic E-state index is 0.609. The molecule has 0 unspecified atom stereocenters. The van der Waals surface area contributed by atoms with Crippen molar-refractivity contribution in [2.45, 2.75) is 25.4 Å². The molecule has 94 valence electrons. The van der Waals surface area contributed by atoms with Gasteiger partial charge in [0.25, 0.3) is 0 Å². The van der Waals surface area contributed by atoms with Gasteiger partial charge in [0.05, 0.1) is 10.7 Å². The predicted molar refractivity (Wildman–Crippen MR) is 71.8 cm³/mol. The van der Waals surface area contributed by atoms with Crippen LogP contribution in [-0.4, -0.2) is 11.2 Å². The van der Waals surface area contributed by atoms with Crippen LogP contribution in [0.3, 0.4) is 0 Å². The van der Waals surface area contributed by atoms with Crippen LogP contribution in [0.15, 0.2) is 28.8 Å². The van der Waals surface area contributed by atoms with Crippen LogP contribution in [0.5, 0.6) is 0 Å². The molecule has 0 radical (unpaired) electrons. The lowest BCUT2D eigenvalue weighted by molar-refractivity contribution is 0.420. The van der Waals surface area contributed by atoms with Crippen molar-refractivity contribution < 1.29 is 4.52 Å². The Balaban J connectivity index is 1.80. The summed E-state index contributed by atoms with van der Waals surface area (Å²) in [5.41, 5.74) is 1.65. The van der Waals surface area contributed by atoms with Gasteiger partial charge in [-0.15, -0.1) is 0 Å². The molecule has 1 heterocycles. The van der Waals surface area contributed by atoms with Gasteiger partial charge in [-0.05, 0) is 31.0 Å². The highest BCUT2D eigenvalue weighted by Gasteiger charge is 2.20. The molecule has 1 aliphatic rings. The summed E-state index contributed by atoms with van der Waals surface area (Å²) in [6.45, 7) is 0.729. The molecule has 1 N–H and O–H groups in total. The standard InChI is InChI=1S/C13H12Cl2N2O/c14-8-1-4-12(15)11(5-8)13-6-10(17-18-13)7-16-9-2-3-9/h1,4-6,9,16H,2-3,7H2. The summed E-state index contributed by atoms with van der Waals surface area (Å²) >= 11 is 12.1. The van der Waals surface area contributed by atoms with Gasteiger partial charge in [-0.3, -0.25) is 0 Å². The molecule has 0 atom stereocenters. The predicted octanol–water partition coefficient (Wildman–Crippen LogP) is 3.90. The van der Waals surface area contributed by atoms with E-state index in [1.165, 1.54) is 12.8 Å². The van der Waals surface area contributed by atoms with Crippen molar-refractivity contribution in [2.24, 2.45) is 0 Å². The second-order valence-corrected chi connectivity index (χ2v) is 5.31. The Bertz CT molecular complexity index is 564. The molecule has 0 amide bonds. The second-order valence-electron chi connectivity index (χ2n) is 4.46. The molecular formula is C13H12Cl2N2O. The fraction of sp³-hybridized carbons (Fsp3) is 0.308. The highest BCUT2D eigenvalue weighted by Crippen LogP contribution is 2.31. The van der Waals surface area contributed by atoms with E-state index in [-0.39, 0.29) is 0 Å². The first-order valence-corrected chi connectivity index (χ1v) is 6.62. The molecule has 1 aromatic heterocycles. The molecule has 1 fully saturated rings. The Labute approximate surface area is 115 Å². The van der Waals surface area contributed by atoms with Crippen LogP contribution >= 0.6 is 23.2 Å². The van der Waals surface area contributed by atoms with Gasteiger partial charge in [-0.1, -0.05) is 28.4 Å². The van der Waals surface area contributed by atoms with E-state index in [0.717, 1.165) is 17.8 Å². The summed E-state index contributed by atoms with van der Waals surface area (Å²) in [7, 11) is 0. The lowest BCUT2D eigenvalue weighted by Gasteiger charge is -1.99. The van der Waals surface area contributed by atoms with E-state index in [0.29, 0.717) is 21.8 Å². The molecule has 1 aliphatic carbocycles. The first-order valence-electron chi connectivity index (χ1n) is 5.87. The minimum Gasteiger partial charge on any atom is -0.356 e. The van der Waals surface area contributed by atoms with Gasteiger partial charge >= 0.3 is 0 Å². The fourth-order valence-corrected chi connectivity index (χ4v) is 2.13. The minimum absolute atomic E-state index is 0.609. The van der Waals surface area contributed by atoms with Crippen LogP contribution in [-0.2, 0) is 6.54 Å². The van der Waals surface area contributed by atoms with E-state index in [4.69, 9.17) is 27.7 Å². The summed E-state index contributed by atoms with van der Waals surface area (Å²) in [5, 5.41) is 8.64. The van der Waals surface area contributed by atoms with Crippen molar-refractivity contribution in [1.82, 2.24) is 10.5 Å². The summed E-state index contributed by atoms with van der Waals surface area (Å²) < 4.78 is 5.31. The van der Waals surface area contributed by atoms with E-state index in [1.54, 1.807) is 18.2 Å². The Morgan fingerprint density at radius 3 is 2.89 bits per heavy atom. The third-order valence-electron chi connectivity index (χ3n) is 2.90. The Morgan fingerprint density at radius 1 is 1.28 bits per heavy atom. The molecule has 1 saturated carbocycles. The zero-order chi connectivity index (χ0) is 12.5. The average molecular weight is 283 g/mol. The number of aromatic nitrogens is 1. The molecule has 3 rings (SSSR count). The maximum Gasteiger partial charge on any atom is 0.168 e. The number of hydrogen-bond donors (Lipinski definition) is 1. The van der Waals surface area contributed by atoms with Crippen LogP contribution in [0, 0.1) is 0 Å². The van der Waals surface area contributed by atoms with Crippen molar-refractivity contribution in [2.75, 3.05) is 0 Å². The molecule has 1 aromatic carbocycles. The molecule has 5 heteroatoms. The fourth-order valence-electron chi connectivity index (χ4n) is 1.74. The van der Waals surface area contributed by atoms with Gasteiger partial charge in [0, 0.05) is 29.2 Å². The normalized spacial score (nSPS) is 15.0. The van der Waals surface area contributed by atoms with E-state index in [2.05, 4.69) is 10.5 Å². The zero-order valence-corrected chi connectivity index (χ0v) is 11.1. The number of halogens is 2. The van der Waals surface area contributed by atoms with Crippen LogP contribution in [0.1, 0.15) is 18.5 Å².